The molecule has 2 aromatic carbocycles. The third-order valence-electron chi connectivity index (χ3n) is 3.55. The number of nitrogens with one attached hydrogen (secondary N) is 1. The number of ether oxygens (including phenoxy) is 1. The van der Waals surface area contributed by atoms with E-state index in [1.165, 1.54) is 17.0 Å². The van der Waals surface area contributed by atoms with Crippen LogP contribution in [0.3, 0.4) is 0 Å². The predicted octanol–water partition coefficient (Wildman–Crippen LogP) is 3.86. The summed E-state index contributed by atoms with van der Waals surface area (Å²) in [5.74, 6) is -0.219. The first-order valence-corrected chi connectivity index (χ1v) is 7.83. The molecule has 2 aromatic rings. The molecule has 0 bridgehead atoms. The Kier molecular flexibility index (Phi) is 4.76. The topological polar surface area (TPSA) is 41.6 Å². The molecule has 0 spiro atoms. The molecule has 0 unspecified atom stereocenters. The van der Waals surface area contributed by atoms with Gasteiger partial charge in [0, 0.05) is 0 Å². The van der Waals surface area contributed by atoms with E-state index in [2.05, 4.69) is 10.1 Å². The smallest absolute Gasteiger partial charge is 0.387 e. The fraction of sp³-hybridized carbons (Fsp3) is 0.111. The first-order valence-electron chi connectivity index (χ1n) is 7.43. The highest BCUT2D eigenvalue weighted by Gasteiger charge is 2.31. The van der Waals surface area contributed by atoms with Crippen molar-refractivity contribution in [3.63, 3.8) is 0 Å². The third kappa shape index (κ3) is 3.83. The normalized spacial score (nSPS) is 15.8. The zero-order chi connectivity index (χ0) is 18.0. The van der Waals surface area contributed by atoms with Crippen molar-refractivity contribution in [1.29, 1.82) is 0 Å². The van der Waals surface area contributed by atoms with E-state index in [0.717, 1.165) is 5.56 Å². The van der Waals surface area contributed by atoms with Crippen molar-refractivity contribution in [2.45, 2.75) is 13.5 Å². The van der Waals surface area contributed by atoms with Crippen LogP contribution in [-0.4, -0.2) is 17.6 Å². The molecule has 1 saturated heterocycles. The van der Waals surface area contributed by atoms with E-state index in [9.17, 15) is 13.6 Å². The molecule has 1 fully saturated rings. The van der Waals surface area contributed by atoms with Crippen LogP contribution in [0.25, 0.3) is 6.08 Å². The lowest BCUT2D eigenvalue weighted by Gasteiger charge is -2.14. The molecule has 1 aliphatic rings. The molecule has 4 nitrogen and oxygen atoms in total. The lowest BCUT2D eigenvalue weighted by atomic mass is 10.1. The number of thiocarbonyl (C=S) groups is 1. The standard InChI is InChI=1S/C18H14F2N2O2S/c1-11-3-2-4-13(9-11)22-16(23)15(21-18(22)25)10-12-5-7-14(8-6-12)24-17(19)20/h2-10,17H,1H3,(H,21,25)/b15-10+. The minimum atomic E-state index is -2.87. The van der Waals surface area contributed by atoms with Crippen LogP contribution in [0, 0.1) is 6.92 Å². The SMILES string of the molecule is Cc1cccc(N2C(=O)/C(=C\c3ccc(OC(F)F)cc3)NC2=S)c1. The summed E-state index contributed by atoms with van der Waals surface area (Å²) in [4.78, 5) is 14.0. The summed E-state index contributed by atoms with van der Waals surface area (Å²) >= 11 is 5.25. The number of anilines is 1. The number of nitrogens with zero attached hydrogens (tertiary/aromatic N) is 1. The van der Waals surface area contributed by atoms with E-state index in [4.69, 9.17) is 12.2 Å². The molecule has 1 N–H and O–H groups in total. The number of benzene rings is 2. The maximum atomic E-state index is 12.6. The summed E-state index contributed by atoms with van der Waals surface area (Å²) in [5, 5.41) is 3.18. The van der Waals surface area contributed by atoms with Crippen molar-refractivity contribution in [2.75, 3.05) is 4.90 Å². The minimum Gasteiger partial charge on any atom is -0.435 e. The summed E-state index contributed by atoms with van der Waals surface area (Å²) in [6.07, 6.45) is 1.61. The summed E-state index contributed by atoms with van der Waals surface area (Å²) in [5.41, 5.74) is 2.67. The summed E-state index contributed by atoms with van der Waals surface area (Å²) in [7, 11) is 0. The molecule has 0 saturated carbocycles. The zero-order valence-corrected chi connectivity index (χ0v) is 14.0. The number of hydrogen-bond donors (Lipinski definition) is 1. The fourth-order valence-corrected chi connectivity index (χ4v) is 2.75. The summed E-state index contributed by atoms with van der Waals surface area (Å²) < 4.78 is 28.6. The van der Waals surface area contributed by atoms with Crippen molar-refractivity contribution in [1.82, 2.24) is 5.32 Å². The molecule has 0 atom stereocenters. The number of halogens is 2. The van der Waals surface area contributed by atoms with Gasteiger partial charge in [0.1, 0.15) is 11.4 Å². The Labute approximate surface area is 148 Å². The second-order valence-electron chi connectivity index (χ2n) is 5.42. The molecular formula is C18H14F2N2O2S. The van der Waals surface area contributed by atoms with Gasteiger partial charge in [0.05, 0.1) is 5.69 Å². The number of carbonyl (C=O) groups excluding carboxylic acids is 1. The van der Waals surface area contributed by atoms with Gasteiger partial charge in [-0.1, -0.05) is 24.3 Å². The molecule has 128 valence electrons. The lowest BCUT2D eigenvalue weighted by molar-refractivity contribution is -0.113. The van der Waals surface area contributed by atoms with E-state index in [0.29, 0.717) is 22.1 Å². The molecule has 0 radical (unpaired) electrons. The lowest BCUT2D eigenvalue weighted by Crippen LogP contribution is -2.30. The van der Waals surface area contributed by atoms with Crippen molar-refractivity contribution in [2.24, 2.45) is 0 Å². The van der Waals surface area contributed by atoms with Crippen LogP contribution >= 0.6 is 12.2 Å². The Hall–Kier alpha value is -2.80. The number of hydrogen-bond acceptors (Lipinski definition) is 3. The maximum absolute atomic E-state index is 12.6. The van der Waals surface area contributed by atoms with E-state index < -0.39 is 6.61 Å². The van der Waals surface area contributed by atoms with Crippen LogP contribution in [-0.2, 0) is 4.79 Å². The van der Waals surface area contributed by atoms with Crippen LogP contribution in [0.4, 0.5) is 14.5 Å². The van der Waals surface area contributed by atoms with Gasteiger partial charge >= 0.3 is 6.61 Å². The van der Waals surface area contributed by atoms with Gasteiger partial charge in [0.25, 0.3) is 5.91 Å². The van der Waals surface area contributed by atoms with Gasteiger partial charge in [-0.05, 0) is 60.6 Å². The first-order chi connectivity index (χ1) is 11.9. The van der Waals surface area contributed by atoms with Gasteiger partial charge in [0.2, 0.25) is 0 Å². The van der Waals surface area contributed by atoms with Gasteiger partial charge in [0.15, 0.2) is 5.11 Å². The number of alkyl halides is 2. The van der Waals surface area contributed by atoms with E-state index in [1.807, 2.05) is 25.1 Å². The molecule has 7 heteroatoms. The van der Waals surface area contributed by atoms with E-state index in [1.54, 1.807) is 24.3 Å². The quantitative estimate of drug-likeness (QED) is 0.664. The minimum absolute atomic E-state index is 0.0553. The average Bonchev–Trinajstić information content (AvgIpc) is 2.83. The number of amides is 1. The third-order valence-corrected chi connectivity index (χ3v) is 3.84. The zero-order valence-electron chi connectivity index (χ0n) is 13.2. The van der Waals surface area contributed by atoms with Crippen LogP contribution in [0.1, 0.15) is 11.1 Å². The van der Waals surface area contributed by atoms with E-state index in [-0.39, 0.29) is 11.7 Å². The maximum Gasteiger partial charge on any atom is 0.387 e. The number of carbonyl (C=O) groups is 1. The molecule has 3 rings (SSSR count). The Bertz CT molecular complexity index is 850. The first kappa shape index (κ1) is 17.0. The number of aryl methyl sites for hydroxylation is 1. The van der Waals surface area contributed by atoms with Gasteiger partial charge in [-0.2, -0.15) is 8.78 Å². The Morgan fingerprint density at radius 3 is 2.56 bits per heavy atom. The van der Waals surface area contributed by atoms with Crippen LogP contribution in [0.2, 0.25) is 0 Å². The highest BCUT2D eigenvalue weighted by Crippen LogP contribution is 2.24. The second-order valence-corrected chi connectivity index (χ2v) is 5.80. The Morgan fingerprint density at radius 1 is 1.20 bits per heavy atom. The molecule has 0 aromatic heterocycles. The van der Waals surface area contributed by atoms with Gasteiger partial charge in [-0.25, -0.2) is 0 Å². The van der Waals surface area contributed by atoms with Gasteiger partial charge in [-0.15, -0.1) is 0 Å². The van der Waals surface area contributed by atoms with Gasteiger partial charge < -0.3 is 10.1 Å². The average molecular weight is 360 g/mol. The highest BCUT2D eigenvalue weighted by atomic mass is 32.1. The van der Waals surface area contributed by atoms with Crippen molar-refractivity contribution < 1.29 is 18.3 Å². The summed E-state index contributed by atoms with van der Waals surface area (Å²) in [6, 6.07) is 13.4. The molecule has 25 heavy (non-hydrogen) atoms. The molecular weight excluding hydrogens is 346 g/mol. The van der Waals surface area contributed by atoms with E-state index >= 15 is 0 Å². The highest BCUT2D eigenvalue weighted by molar-refractivity contribution is 7.80. The predicted molar refractivity (Wildman–Crippen MR) is 95.4 cm³/mol. The van der Waals surface area contributed by atoms with Crippen LogP contribution < -0.4 is 15.0 Å². The van der Waals surface area contributed by atoms with Gasteiger partial charge in [-0.3, -0.25) is 9.69 Å². The monoisotopic (exact) mass is 360 g/mol. The number of rotatable bonds is 4. The van der Waals surface area contributed by atoms with Crippen molar-refractivity contribution in [3.8, 4) is 5.75 Å². The Morgan fingerprint density at radius 2 is 1.92 bits per heavy atom. The van der Waals surface area contributed by atoms with Crippen LogP contribution in [0.15, 0.2) is 54.2 Å². The molecule has 1 amide bonds. The molecule has 0 aliphatic carbocycles. The fourth-order valence-electron chi connectivity index (χ4n) is 2.45. The molecule has 1 heterocycles. The van der Waals surface area contributed by atoms with Crippen molar-refractivity contribution in [3.05, 3.63) is 65.4 Å². The summed E-state index contributed by atoms with van der Waals surface area (Å²) in [6.45, 7) is -0.942. The molecule has 1 aliphatic heterocycles. The Balaban J connectivity index is 1.83. The largest absolute Gasteiger partial charge is 0.435 e. The van der Waals surface area contributed by atoms with Crippen LogP contribution in [0.5, 0.6) is 5.75 Å². The second kappa shape index (κ2) is 6.98. The van der Waals surface area contributed by atoms with Crippen molar-refractivity contribution >= 4 is 35.0 Å².